The zero-order valence-electron chi connectivity index (χ0n) is 14.8. The first-order valence-corrected chi connectivity index (χ1v) is 9.72. The highest BCUT2D eigenvalue weighted by Gasteiger charge is 2.80. The summed E-state index contributed by atoms with van der Waals surface area (Å²) in [7, 11) is 0. The van der Waals surface area contributed by atoms with Crippen molar-refractivity contribution >= 4 is 6.08 Å². The second-order valence-corrected chi connectivity index (χ2v) is 8.63. The first kappa shape index (κ1) is 15.7. The van der Waals surface area contributed by atoms with Gasteiger partial charge < -0.3 is 0 Å². The summed E-state index contributed by atoms with van der Waals surface area (Å²) in [6.45, 7) is 0. The van der Waals surface area contributed by atoms with Gasteiger partial charge in [-0.3, -0.25) is 0 Å². The Bertz CT molecular complexity index is 925. The zero-order valence-corrected chi connectivity index (χ0v) is 14.8. The van der Waals surface area contributed by atoms with Crippen LogP contribution in [0.4, 0.5) is 0 Å². The van der Waals surface area contributed by atoms with Crippen molar-refractivity contribution in [3.63, 3.8) is 0 Å². The number of allylic oxidation sites excluding steroid dienone is 1. The lowest BCUT2D eigenvalue weighted by atomic mass is 9.34. The number of hydrogen-bond acceptors (Lipinski definition) is 3. The van der Waals surface area contributed by atoms with Crippen molar-refractivity contribution in [2.45, 2.75) is 43.9 Å². The molecule has 0 aliphatic heterocycles. The highest BCUT2D eigenvalue weighted by atomic mass is 14.8. The van der Waals surface area contributed by atoms with Gasteiger partial charge in [0.05, 0.1) is 23.6 Å². The molecule has 3 nitrogen and oxygen atoms in total. The van der Waals surface area contributed by atoms with E-state index in [4.69, 9.17) is 0 Å². The van der Waals surface area contributed by atoms with Crippen LogP contribution in [0.2, 0.25) is 0 Å². The fourth-order valence-corrected chi connectivity index (χ4v) is 7.17. The molecule has 3 heteroatoms. The molecule has 0 saturated heterocycles. The summed E-state index contributed by atoms with van der Waals surface area (Å²) in [6.07, 6.45) is 10.2. The molecule has 5 unspecified atom stereocenters. The third-order valence-electron chi connectivity index (χ3n) is 8.01. The Kier molecular flexibility index (Phi) is 3.01. The standard InChI is InChI=1S/C23H21N3/c24-13-21(14-25)12-22-11-10-16-6-4-5-7-17(16)23(22,15-26)19-9-3-1-2-8-18(21)20(19)22/h4-7,10-11,18-20H,1-3,8-9,12H2. The number of hydrogen-bond donors (Lipinski definition) is 0. The van der Waals surface area contributed by atoms with E-state index >= 15 is 0 Å². The Labute approximate surface area is 154 Å². The SMILES string of the molecule is N#CC1(C#N)CC23C=Cc4ccccc4C2(C#N)C2CCCCCC1C23. The normalized spacial score (nSPS) is 40.9. The third-order valence-corrected chi connectivity index (χ3v) is 8.01. The van der Waals surface area contributed by atoms with Gasteiger partial charge in [-0.25, -0.2) is 0 Å². The molecular formula is C23H21N3. The molecule has 4 aliphatic rings. The van der Waals surface area contributed by atoms with E-state index in [1.165, 1.54) is 0 Å². The minimum atomic E-state index is -0.949. The predicted octanol–water partition coefficient (Wildman–Crippen LogP) is 4.72. The molecule has 0 aromatic heterocycles. The maximum atomic E-state index is 10.5. The molecule has 5 rings (SSSR count). The smallest absolute Gasteiger partial charge is 0.147 e. The van der Waals surface area contributed by atoms with Crippen LogP contribution in [0.5, 0.6) is 0 Å². The average Bonchev–Trinajstić information content (AvgIpc) is 2.87. The summed E-state index contributed by atoms with van der Waals surface area (Å²) < 4.78 is 0. The van der Waals surface area contributed by atoms with Crippen LogP contribution in [0.3, 0.4) is 0 Å². The molecule has 0 radical (unpaired) electrons. The van der Waals surface area contributed by atoms with Gasteiger partial charge in [-0.1, -0.05) is 55.7 Å². The molecule has 1 spiro atoms. The fourth-order valence-electron chi connectivity index (χ4n) is 7.17. The maximum Gasteiger partial charge on any atom is 0.147 e. The van der Waals surface area contributed by atoms with Crippen LogP contribution in [0.25, 0.3) is 6.08 Å². The number of nitriles is 3. The van der Waals surface area contributed by atoms with Crippen LogP contribution in [0, 0.1) is 62.6 Å². The summed E-state index contributed by atoms with van der Waals surface area (Å²) in [5.74, 6) is 0.637. The Morgan fingerprint density at radius 1 is 0.885 bits per heavy atom. The Morgan fingerprint density at radius 2 is 1.62 bits per heavy atom. The molecule has 5 atom stereocenters. The summed E-state index contributed by atoms with van der Waals surface area (Å²) in [6, 6.07) is 15.8. The molecule has 0 heterocycles. The molecular weight excluding hydrogens is 318 g/mol. The van der Waals surface area contributed by atoms with Crippen LogP contribution in [0.15, 0.2) is 30.3 Å². The van der Waals surface area contributed by atoms with E-state index in [1.807, 2.05) is 12.1 Å². The van der Waals surface area contributed by atoms with Crippen molar-refractivity contribution in [3.05, 3.63) is 41.5 Å². The lowest BCUT2D eigenvalue weighted by molar-refractivity contribution is -0.0925. The van der Waals surface area contributed by atoms with Crippen molar-refractivity contribution in [2.24, 2.45) is 28.6 Å². The van der Waals surface area contributed by atoms with Gasteiger partial charge in [-0.2, -0.15) is 15.8 Å². The molecule has 26 heavy (non-hydrogen) atoms. The van der Waals surface area contributed by atoms with Gasteiger partial charge in [0.2, 0.25) is 0 Å². The van der Waals surface area contributed by atoms with E-state index in [-0.39, 0.29) is 23.2 Å². The van der Waals surface area contributed by atoms with E-state index in [2.05, 4.69) is 42.5 Å². The minimum Gasteiger partial charge on any atom is -0.197 e. The van der Waals surface area contributed by atoms with E-state index in [0.717, 1.165) is 43.2 Å². The maximum absolute atomic E-state index is 10.5. The largest absolute Gasteiger partial charge is 0.197 e. The van der Waals surface area contributed by atoms with Crippen LogP contribution in [-0.2, 0) is 5.41 Å². The third kappa shape index (κ3) is 1.45. The van der Waals surface area contributed by atoms with E-state index in [1.54, 1.807) is 0 Å². The second-order valence-electron chi connectivity index (χ2n) is 8.63. The molecule has 0 amide bonds. The number of rotatable bonds is 0. The van der Waals surface area contributed by atoms with Gasteiger partial charge in [0.25, 0.3) is 0 Å². The van der Waals surface area contributed by atoms with Gasteiger partial charge >= 0.3 is 0 Å². The minimum absolute atomic E-state index is 0.0965. The van der Waals surface area contributed by atoms with E-state index < -0.39 is 10.8 Å². The Morgan fingerprint density at radius 3 is 2.35 bits per heavy atom. The lowest BCUT2D eigenvalue weighted by Crippen LogP contribution is -2.67. The molecule has 3 fully saturated rings. The van der Waals surface area contributed by atoms with Crippen molar-refractivity contribution < 1.29 is 0 Å². The molecule has 1 aromatic carbocycles. The number of nitrogens with zero attached hydrogens (tertiary/aromatic N) is 3. The summed E-state index contributed by atoms with van der Waals surface area (Å²) in [5.41, 5.74) is 0.373. The van der Waals surface area contributed by atoms with Crippen LogP contribution >= 0.6 is 0 Å². The van der Waals surface area contributed by atoms with Gasteiger partial charge in [0.15, 0.2) is 0 Å². The van der Waals surface area contributed by atoms with Crippen molar-refractivity contribution in [3.8, 4) is 18.2 Å². The van der Waals surface area contributed by atoms with Crippen molar-refractivity contribution in [1.29, 1.82) is 15.8 Å². The average molecular weight is 339 g/mol. The molecule has 4 aliphatic carbocycles. The molecule has 1 aromatic rings. The van der Waals surface area contributed by atoms with Gasteiger partial charge in [0, 0.05) is 5.41 Å². The van der Waals surface area contributed by atoms with Crippen LogP contribution in [-0.4, -0.2) is 0 Å². The predicted molar refractivity (Wildman–Crippen MR) is 97.0 cm³/mol. The Balaban J connectivity index is 1.79. The summed E-state index contributed by atoms with van der Waals surface area (Å²) >= 11 is 0. The van der Waals surface area contributed by atoms with Crippen LogP contribution in [0.1, 0.15) is 49.7 Å². The number of benzene rings is 1. The van der Waals surface area contributed by atoms with Gasteiger partial charge in [-0.05, 0) is 48.1 Å². The molecule has 0 bridgehead atoms. The highest BCUT2D eigenvalue weighted by Crippen LogP contribution is 2.80. The van der Waals surface area contributed by atoms with E-state index in [0.29, 0.717) is 6.42 Å². The van der Waals surface area contributed by atoms with Gasteiger partial charge in [-0.15, -0.1) is 0 Å². The van der Waals surface area contributed by atoms with Crippen LogP contribution < -0.4 is 0 Å². The topological polar surface area (TPSA) is 71.4 Å². The number of fused-ring (bicyclic) bond motifs is 3. The lowest BCUT2D eigenvalue weighted by Gasteiger charge is -2.66. The van der Waals surface area contributed by atoms with Gasteiger partial charge in [0.1, 0.15) is 5.41 Å². The molecule has 0 N–H and O–H groups in total. The fraction of sp³-hybridized carbons (Fsp3) is 0.522. The Hall–Kier alpha value is -2.57. The molecule has 128 valence electrons. The van der Waals surface area contributed by atoms with Crippen molar-refractivity contribution in [1.82, 2.24) is 0 Å². The highest BCUT2D eigenvalue weighted by molar-refractivity contribution is 5.68. The quantitative estimate of drug-likeness (QED) is 0.686. The second kappa shape index (κ2) is 4.99. The van der Waals surface area contributed by atoms with E-state index in [9.17, 15) is 15.8 Å². The summed E-state index contributed by atoms with van der Waals surface area (Å²) in [4.78, 5) is 0. The monoisotopic (exact) mass is 339 g/mol. The zero-order chi connectivity index (χ0) is 18.0. The summed E-state index contributed by atoms with van der Waals surface area (Å²) in [5, 5.41) is 30.5. The first-order chi connectivity index (χ1) is 12.7. The molecule has 3 saturated carbocycles. The van der Waals surface area contributed by atoms with Crippen molar-refractivity contribution in [2.75, 3.05) is 0 Å². The first-order valence-electron chi connectivity index (χ1n) is 9.72.